The van der Waals surface area contributed by atoms with Crippen LogP contribution < -0.4 is 4.74 Å². The molecule has 1 N–H and O–H groups in total. The Morgan fingerprint density at radius 2 is 1.83 bits per heavy atom. The number of benzene rings is 1. The summed E-state index contributed by atoms with van der Waals surface area (Å²) in [6.45, 7) is 7.03. The SMILES string of the molecule is CCN(CC)C(=O)COc1ccc([C@@H](C)O)cc1. The molecule has 0 aliphatic rings. The smallest absolute Gasteiger partial charge is 0.260 e. The van der Waals surface area contributed by atoms with Gasteiger partial charge in [-0.3, -0.25) is 4.79 Å². The van der Waals surface area contributed by atoms with E-state index in [9.17, 15) is 9.90 Å². The summed E-state index contributed by atoms with van der Waals surface area (Å²) >= 11 is 0. The molecule has 0 radical (unpaired) electrons. The summed E-state index contributed by atoms with van der Waals surface area (Å²) in [6.07, 6.45) is -0.489. The number of aliphatic hydroxyl groups is 1. The first kappa shape index (κ1) is 14.5. The maximum absolute atomic E-state index is 11.7. The summed E-state index contributed by atoms with van der Waals surface area (Å²) < 4.78 is 5.41. The van der Waals surface area contributed by atoms with Crippen LogP contribution in [0.3, 0.4) is 0 Å². The molecule has 0 heterocycles. The predicted octanol–water partition coefficient (Wildman–Crippen LogP) is 1.99. The lowest BCUT2D eigenvalue weighted by Crippen LogP contribution is -2.34. The van der Waals surface area contributed by atoms with Crippen LogP contribution in [0.25, 0.3) is 0 Å². The fourth-order valence-corrected chi connectivity index (χ4v) is 1.66. The molecule has 1 amide bonds. The lowest BCUT2D eigenvalue weighted by Gasteiger charge is -2.18. The van der Waals surface area contributed by atoms with Gasteiger partial charge in [0.1, 0.15) is 5.75 Å². The van der Waals surface area contributed by atoms with Crippen molar-refractivity contribution in [3.05, 3.63) is 29.8 Å². The van der Waals surface area contributed by atoms with Crippen molar-refractivity contribution in [1.29, 1.82) is 0 Å². The molecule has 1 aromatic carbocycles. The van der Waals surface area contributed by atoms with E-state index in [1.165, 1.54) is 0 Å². The molecule has 0 aliphatic carbocycles. The maximum atomic E-state index is 11.7. The molecule has 4 nitrogen and oxygen atoms in total. The average molecular weight is 251 g/mol. The van der Waals surface area contributed by atoms with Crippen LogP contribution in [0, 0.1) is 0 Å². The molecule has 4 heteroatoms. The normalized spacial score (nSPS) is 12.0. The lowest BCUT2D eigenvalue weighted by atomic mass is 10.1. The quantitative estimate of drug-likeness (QED) is 0.841. The van der Waals surface area contributed by atoms with Crippen molar-refractivity contribution >= 4 is 5.91 Å². The Hall–Kier alpha value is -1.55. The molecule has 1 atom stereocenters. The monoisotopic (exact) mass is 251 g/mol. The molecule has 0 bridgehead atoms. The third-order valence-electron chi connectivity index (χ3n) is 2.84. The topological polar surface area (TPSA) is 49.8 Å². The highest BCUT2D eigenvalue weighted by molar-refractivity contribution is 5.77. The first-order valence-electron chi connectivity index (χ1n) is 6.27. The first-order chi connectivity index (χ1) is 8.58. The molecule has 18 heavy (non-hydrogen) atoms. The van der Waals surface area contributed by atoms with Gasteiger partial charge in [-0.05, 0) is 38.5 Å². The maximum Gasteiger partial charge on any atom is 0.260 e. The Kier molecular flexibility index (Phi) is 5.65. The zero-order valence-electron chi connectivity index (χ0n) is 11.2. The minimum atomic E-state index is -0.489. The van der Waals surface area contributed by atoms with Gasteiger partial charge in [0.25, 0.3) is 5.91 Å². The summed E-state index contributed by atoms with van der Waals surface area (Å²) in [4.78, 5) is 13.4. The van der Waals surface area contributed by atoms with Crippen LogP contribution in [0.5, 0.6) is 5.75 Å². The van der Waals surface area contributed by atoms with E-state index in [2.05, 4.69) is 0 Å². The molecule has 0 fully saturated rings. The number of aliphatic hydroxyl groups excluding tert-OH is 1. The summed E-state index contributed by atoms with van der Waals surface area (Å²) in [5, 5.41) is 9.37. The van der Waals surface area contributed by atoms with E-state index in [1.54, 1.807) is 36.1 Å². The van der Waals surface area contributed by atoms with Gasteiger partial charge in [0.15, 0.2) is 6.61 Å². The van der Waals surface area contributed by atoms with E-state index < -0.39 is 6.10 Å². The second kappa shape index (κ2) is 7.01. The van der Waals surface area contributed by atoms with Crippen molar-refractivity contribution in [2.24, 2.45) is 0 Å². The van der Waals surface area contributed by atoms with Crippen molar-refractivity contribution in [3.63, 3.8) is 0 Å². The molecular formula is C14H21NO3. The van der Waals surface area contributed by atoms with Gasteiger partial charge in [0, 0.05) is 13.1 Å². The molecule has 0 saturated carbocycles. The Morgan fingerprint density at radius 3 is 2.28 bits per heavy atom. The number of likely N-dealkylation sites (N-methyl/N-ethyl adjacent to an activating group) is 1. The number of rotatable bonds is 6. The summed E-state index contributed by atoms with van der Waals surface area (Å²) in [6, 6.07) is 7.11. The van der Waals surface area contributed by atoms with Gasteiger partial charge < -0.3 is 14.7 Å². The summed E-state index contributed by atoms with van der Waals surface area (Å²) in [5.74, 6) is 0.625. The molecule has 0 spiro atoms. The van der Waals surface area contributed by atoms with Gasteiger partial charge in [-0.25, -0.2) is 0 Å². The Balaban J connectivity index is 2.51. The second-order valence-corrected chi connectivity index (χ2v) is 4.10. The van der Waals surface area contributed by atoms with E-state index in [-0.39, 0.29) is 12.5 Å². The van der Waals surface area contributed by atoms with E-state index in [0.29, 0.717) is 18.8 Å². The van der Waals surface area contributed by atoms with Crippen LogP contribution in [0.1, 0.15) is 32.4 Å². The summed E-state index contributed by atoms with van der Waals surface area (Å²) in [7, 11) is 0. The third-order valence-corrected chi connectivity index (χ3v) is 2.84. The fourth-order valence-electron chi connectivity index (χ4n) is 1.66. The third kappa shape index (κ3) is 4.04. The largest absolute Gasteiger partial charge is 0.484 e. The van der Waals surface area contributed by atoms with Crippen molar-refractivity contribution in [2.45, 2.75) is 26.9 Å². The van der Waals surface area contributed by atoms with Crippen molar-refractivity contribution < 1.29 is 14.6 Å². The molecule has 0 aliphatic heterocycles. The average Bonchev–Trinajstić information content (AvgIpc) is 2.38. The molecule has 100 valence electrons. The highest BCUT2D eigenvalue weighted by atomic mass is 16.5. The highest BCUT2D eigenvalue weighted by Crippen LogP contribution is 2.17. The van der Waals surface area contributed by atoms with Crippen LogP contribution in [0.15, 0.2) is 24.3 Å². The van der Waals surface area contributed by atoms with Gasteiger partial charge in [-0.2, -0.15) is 0 Å². The number of ether oxygens (including phenoxy) is 1. The highest BCUT2D eigenvalue weighted by Gasteiger charge is 2.10. The van der Waals surface area contributed by atoms with Crippen LogP contribution in [-0.4, -0.2) is 35.6 Å². The van der Waals surface area contributed by atoms with E-state index >= 15 is 0 Å². The predicted molar refractivity (Wildman–Crippen MR) is 70.5 cm³/mol. The van der Waals surface area contributed by atoms with Gasteiger partial charge in [0.05, 0.1) is 6.10 Å². The number of hydrogen-bond donors (Lipinski definition) is 1. The van der Waals surface area contributed by atoms with Crippen LogP contribution in [0.2, 0.25) is 0 Å². The number of nitrogens with zero attached hydrogens (tertiary/aromatic N) is 1. The molecule has 0 saturated heterocycles. The molecule has 0 aromatic heterocycles. The van der Waals surface area contributed by atoms with Crippen LogP contribution >= 0.6 is 0 Å². The van der Waals surface area contributed by atoms with Crippen LogP contribution in [0.4, 0.5) is 0 Å². The number of hydrogen-bond acceptors (Lipinski definition) is 3. The minimum Gasteiger partial charge on any atom is -0.484 e. The summed E-state index contributed by atoms with van der Waals surface area (Å²) in [5.41, 5.74) is 0.831. The van der Waals surface area contributed by atoms with Crippen molar-refractivity contribution in [1.82, 2.24) is 4.90 Å². The zero-order valence-corrected chi connectivity index (χ0v) is 11.2. The number of carbonyl (C=O) groups excluding carboxylic acids is 1. The van der Waals surface area contributed by atoms with E-state index in [0.717, 1.165) is 5.56 Å². The minimum absolute atomic E-state index is 0.0143. The van der Waals surface area contributed by atoms with Crippen molar-refractivity contribution in [3.8, 4) is 5.75 Å². The molecule has 1 aromatic rings. The fraction of sp³-hybridized carbons (Fsp3) is 0.500. The standard InChI is InChI=1S/C14H21NO3/c1-4-15(5-2)14(17)10-18-13-8-6-12(7-9-13)11(3)16/h6-9,11,16H,4-5,10H2,1-3H3/t11-/m1/s1. The molecule has 1 rings (SSSR count). The second-order valence-electron chi connectivity index (χ2n) is 4.10. The Labute approximate surface area is 108 Å². The number of carbonyl (C=O) groups is 1. The van der Waals surface area contributed by atoms with Gasteiger partial charge in [-0.15, -0.1) is 0 Å². The number of amides is 1. The van der Waals surface area contributed by atoms with E-state index in [1.807, 2.05) is 13.8 Å². The first-order valence-corrected chi connectivity index (χ1v) is 6.27. The van der Waals surface area contributed by atoms with Gasteiger partial charge in [0.2, 0.25) is 0 Å². The van der Waals surface area contributed by atoms with Gasteiger partial charge >= 0.3 is 0 Å². The molecule has 0 unspecified atom stereocenters. The van der Waals surface area contributed by atoms with Crippen LogP contribution in [-0.2, 0) is 4.79 Å². The lowest BCUT2D eigenvalue weighted by molar-refractivity contribution is -0.132. The Bertz CT molecular complexity index is 369. The van der Waals surface area contributed by atoms with E-state index in [4.69, 9.17) is 4.74 Å². The molecular weight excluding hydrogens is 230 g/mol. The zero-order chi connectivity index (χ0) is 13.5. The Morgan fingerprint density at radius 1 is 1.28 bits per heavy atom. The van der Waals surface area contributed by atoms with Crippen molar-refractivity contribution in [2.75, 3.05) is 19.7 Å². The van der Waals surface area contributed by atoms with Gasteiger partial charge in [-0.1, -0.05) is 12.1 Å².